The largest absolute Gasteiger partial charge is 0.506 e. The fourth-order valence-corrected chi connectivity index (χ4v) is 1.55. The van der Waals surface area contributed by atoms with Gasteiger partial charge in [0, 0.05) is 25.8 Å². The SMILES string of the molecule is COCCOCCCNC(=O)c1ccc(O)c(Cl)c1. The molecule has 106 valence electrons. The molecule has 0 aliphatic heterocycles. The number of rotatable bonds is 8. The summed E-state index contributed by atoms with van der Waals surface area (Å²) in [7, 11) is 1.62. The van der Waals surface area contributed by atoms with E-state index in [1.807, 2.05) is 0 Å². The molecule has 0 aromatic heterocycles. The van der Waals surface area contributed by atoms with Crippen LogP contribution in [0.2, 0.25) is 5.02 Å². The number of hydrogen-bond acceptors (Lipinski definition) is 4. The number of halogens is 1. The molecule has 0 saturated carbocycles. The van der Waals surface area contributed by atoms with Crippen LogP contribution in [-0.2, 0) is 9.47 Å². The summed E-state index contributed by atoms with van der Waals surface area (Å²) in [5.74, 6) is -0.261. The summed E-state index contributed by atoms with van der Waals surface area (Å²) in [6, 6.07) is 4.35. The molecule has 19 heavy (non-hydrogen) atoms. The lowest BCUT2D eigenvalue weighted by Gasteiger charge is -2.07. The molecule has 0 bridgehead atoms. The average Bonchev–Trinajstić information content (AvgIpc) is 2.40. The zero-order valence-electron chi connectivity index (χ0n) is 10.8. The Morgan fingerprint density at radius 2 is 2.16 bits per heavy atom. The summed E-state index contributed by atoms with van der Waals surface area (Å²) in [6.07, 6.45) is 0.723. The van der Waals surface area contributed by atoms with E-state index >= 15 is 0 Å². The second kappa shape index (κ2) is 8.74. The lowest BCUT2D eigenvalue weighted by atomic mass is 10.2. The summed E-state index contributed by atoms with van der Waals surface area (Å²) >= 11 is 5.73. The van der Waals surface area contributed by atoms with Crippen LogP contribution in [0.4, 0.5) is 0 Å². The molecule has 0 spiro atoms. The number of ether oxygens (including phenoxy) is 2. The summed E-state index contributed by atoms with van der Waals surface area (Å²) in [6.45, 7) is 2.21. The number of phenolic OH excluding ortho intramolecular Hbond substituents is 1. The first kappa shape index (κ1) is 15.8. The zero-order valence-corrected chi connectivity index (χ0v) is 11.6. The lowest BCUT2D eigenvalue weighted by molar-refractivity contribution is 0.0688. The predicted molar refractivity (Wildman–Crippen MR) is 72.8 cm³/mol. The molecule has 5 nitrogen and oxygen atoms in total. The van der Waals surface area contributed by atoms with Gasteiger partial charge in [0.2, 0.25) is 0 Å². The fraction of sp³-hybridized carbons (Fsp3) is 0.462. The van der Waals surface area contributed by atoms with Crippen molar-refractivity contribution in [3.8, 4) is 5.75 Å². The maximum absolute atomic E-state index is 11.7. The van der Waals surface area contributed by atoms with E-state index in [-0.39, 0.29) is 16.7 Å². The number of aromatic hydroxyl groups is 1. The van der Waals surface area contributed by atoms with Crippen molar-refractivity contribution in [2.45, 2.75) is 6.42 Å². The Hall–Kier alpha value is -1.30. The smallest absolute Gasteiger partial charge is 0.251 e. The van der Waals surface area contributed by atoms with Crippen molar-refractivity contribution in [2.75, 3.05) is 33.5 Å². The van der Waals surface area contributed by atoms with Crippen molar-refractivity contribution >= 4 is 17.5 Å². The van der Waals surface area contributed by atoms with Crippen LogP contribution in [0.1, 0.15) is 16.8 Å². The second-order valence-corrected chi connectivity index (χ2v) is 4.29. The van der Waals surface area contributed by atoms with E-state index in [1.54, 1.807) is 7.11 Å². The van der Waals surface area contributed by atoms with E-state index in [9.17, 15) is 9.90 Å². The lowest BCUT2D eigenvalue weighted by Crippen LogP contribution is -2.25. The number of hydrogen-bond donors (Lipinski definition) is 2. The van der Waals surface area contributed by atoms with Gasteiger partial charge in [-0.2, -0.15) is 0 Å². The molecule has 1 rings (SSSR count). The summed E-state index contributed by atoms with van der Waals surface area (Å²) in [5.41, 5.74) is 0.420. The van der Waals surface area contributed by atoms with Crippen LogP contribution >= 0.6 is 11.6 Å². The minimum atomic E-state index is -0.223. The van der Waals surface area contributed by atoms with Gasteiger partial charge in [0.25, 0.3) is 5.91 Å². The van der Waals surface area contributed by atoms with Gasteiger partial charge in [0.1, 0.15) is 5.75 Å². The Bertz CT molecular complexity index is 412. The first-order chi connectivity index (χ1) is 9.15. The third-order valence-electron chi connectivity index (χ3n) is 2.39. The number of nitrogens with one attached hydrogen (secondary N) is 1. The van der Waals surface area contributed by atoms with Crippen LogP contribution in [0.15, 0.2) is 18.2 Å². The van der Waals surface area contributed by atoms with Gasteiger partial charge in [-0.15, -0.1) is 0 Å². The molecule has 1 amide bonds. The number of benzene rings is 1. The monoisotopic (exact) mass is 287 g/mol. The standard InChI is InChI=1S/C13H18ClNO4/c1-18-7-8-19-6-2-5-15-13(17)10-3-4-12(16)11(14)9-10/h3-4,9,16H,2,5-8H2,1H3,(H,15,17). The van der Waals surface area contributed by atoms with Crippen LogP contribution in [-0.4, -0.2) is 44.5 Å². The van der Waals surface area contributed by atoms with Crippen molar-refractivity contribution in [1.29, 1.82) is 0 Å². The highest BCUT2D eigenvalue weighted by Crippen LogP contribution is 2.23. The van der Waals surface area contributed by atoms with E-state index < -0.39 is 0 Å². The van der Waals surface area contributed by atoms with Crippen molar-refractivity contribution < 1.29 is 19.4 Å². The normalized spacial score (nSPS) is 10.4. The van der Waals surface area contributed by atoms with E-state index in [1.165, 1.54) is 18.2 Å². The maximum atomic E-state index is 11.7. The van der Waals surface area contributed by atoms with Crippen LogP contribution in [0.25, 0.3) is 0 Å². The highest BCUT2D eigenvalue weighted by atomic mass is 35.5. The minimum Gasteiger partial charge on any atom is -0.506 e. The van der Waals surface area contributed by atoms with Gasteiger partial charge < -0.3 is 19.9 Å². The van der Waals surface area contributed by atoms with Crippen molar-refractivity contribution in [2.24, 2.45) is 0 Å². The van der Waals surface area contributed by atoms with Gasteiger partial charge in [-0.3, -0.25) is 4.79 Å². The fourth-order valence-electron chi connectivity index (χ4n) is 1.37. The van der Waals surface area contributed by atoms with E-state index in [0.29, 0.717) is 31.9 Å². The molecule has 0 radical (unpaired) electrons. The van der Waals surface area contributed by atoms with Crippen LogP contribution < -0.4 is 5.32 Å². The molecule has 0 aliphatic rings. The van der Waals surface area contributed by atoms with Crippen LogP contribution in [0.5, 0.6) is 5.75 Å². The topological polar surface area (TPSA) is 67.8 Å². The third-order valence-corrected chi connectivity index (χ3v) is 2.70. The van der Waals surface area contributed by atoms with E-state index in [0.717, 1.165) is 6.42 Å². The summed E-state index contributed by atoms with van der Waals surface area (Å²) in [5, 5.41) is 12.2. The first-order valence-electron chi connectivity index (χ1n) is 5.98. The van der Waals surface area contributed by atoms with Gasteiger partial charge in [-0.25, -0.2) is 0 Å². The second-order valence-electron chi connectivity index (χ2n) is 3.88. The van der Waals surface area contributed by atoms with Gasteiger partial charge in [-0.1, -0.05) is 11.6 Å². The third kappa shape index (κ3) is 5.92. The summed E-state index contributed by atoms with van der Waals surface area (Å²) in [4.78, 5) is 11.7. The molecular weight excluding hydrogens is 270 g/mol. The van der Waals surface area contributed by atoms with E-state index in [2.05, 4.69) is 5.32 Å². The number of amides is 1. The molecule has 6 heteroatoms. The molecule has 0 atom stereocenters. The molecule has 1 aromatic rings. The first-order valence-corrected chi connectivity index (χ1v) is 6.36. The Morgan fingerprint density at radius 3 is 2.84 bits per heavy atom. The Balaban J connectivity index is 2.22. The van der Waals surface area contributed by atoms with Crippen LogP contribution in [0.3, 0.4) is 0 Å². The van der Waals surface area contributed by atoms with Crippen molar-refractivity contribution in [3.63, 3.8) is 0 Å². The molecule has 0 aliphatic carbocycles. The van der Waals surface area contributed by atoms with E-state index in [4.69, 9.17) is 21.1 Å². The Labute approximate surface area is 117 Å². The quantitative estimate of drug-likeness (QED) is 0.716. The molecule has 0 unspecified atom stereocenters. The maximum Gasteiger partial charge on any atom is 0.251 e. The molecular formula is C13H18ClNO4. The zero-order chi connectivity index (χ0) is 14.1. The highest BCUT2D eigenvalue weighted by Gasteiger charge is 2.07. The average molecular weight is 288 g/mol. The highest BCUT2D eigenvalue weighted by molar-refractivity contribution is 6.32. The molecule has 0 fully saturated rings. The number of carbonyl (C=O) groups excluding carboxylic acids is 1. The predicted octanol–water partition coefficient (Wildman–Crippen LogP) is 1.83. The molecule has 0 heterocycles. The Kier molecular flexibility index (Phi) is 7.25. The Morgan fingerprint density at radius 1 is 1.37 bits per heavy atom. The number of phenols is 1. The number of carbonyl (C=O) groups is 1. The van der Waals surface area contributed by atoms with Gasteiger partial charge >= 0.3 is 0 Å². The van der Waals surface area contributed by atoms with Gasteiger partial charge in [0.15, 0.2) is 0 Å². The molecule has 2 N–H and O–H groups in total. The summed E-state index contributed by atoms with van der Waals surface area (Å²) < 4.78 is 10.1. The molecule has 1 aromatic carbocycles. The van der Waals surface area contributed by atoms with Crippen molar-refractivity contribution in [1.82, 2.24) is 5.32 Å². The van der Waals surface area contributed by atoms with Crippen molar-refractivity contribution in [3.05, 3.63) is 28.8 Å². The number of methoxy groups -OCH3 is 1. The molecule has 0 saturated heterocycles. The minimum absolute atomic E-state index is 0.0373. The van der Waals surface area contributed by atoms with Crippen LogP contribution in [0, 0.1) is 0 Å². The van der Waals surface area contributed by atoms with Gasteiger partial charge in [0.05, 0.1) is 18.2 Å². The van der Waals surface area contributed by atoms with Gasteiger partial charge in [-0.05, 0) is 24.6 Å².